The Bertz CT molecular complexity index is 973. The van der Waals surface area contributed by atoms with Crippen LogP contribution in [-0.4, -0.2) is 40.9 Å². The van der Waals surface area contributed by atoms with E-state index in [0.717, 1.165) is 12.8 Å². The number of fused-ring (bicyclic) bond motifs is 1. The molecule has 1 unspecified atom stereocenters. The number of aliphatic hydroxyl groups excluding tert-OH is 1. The van der Waals surface area contributed by atoms with Gasteiger partial charge < -0.3 is 21.1 Å². The van der Waals surface area contributed by atoms with Gasteiger partial charge in [-0.2, -0.15) is 0 Å². The van der Waals surface area contributed by atoms with Crippen LogP contribution in [-0.2, 0) is 9.59 Å². The molecule has 0 saturated heterocycles. The number of hydrogen-bond acceptors (Lipinski definition) is 5. The van der Waals surface area contributed by atoms with Gasteiger partial charge in [-0.15, -0.1) is 0 Å². The van der Waals surface area contributed by atoms with E-state index >= 15 is 0 Å². The minimum absolute atomic E-state index is 0.0440. The summed E-state index contributed by atoms with van der Waals surface area (Å²) in [5.74, 6) is -0.659. The molecule has 1 aliphatic heterocycles. The molecule has 7 heteroatoms. The number of amides is 2. The Morgan fingerprint density at radius 1 is 1.19 bits per heavy atom. The van der Waals surface area contributed by atoms with Crippen LogP contribution in [0.2, 0.25) is 0 Å². The molecular weight excluding hydrogens is 394 g/mol. The third-order valence-electron chi connectivity index (χ3n) is 6.88. The minimum Gasteiger partial charge on any atom is -0.393 e. The van der Waals surface area contributed by atoms with Gasteiger partial charge >= 0.3 is 0 Å². The first-order chi connectivity index (χ1) is 14.6. The fourth-order valence-corrected chi connectivity index (χ4v) is 5.28. The number of benzene rings is 1. The van der Waals surface area contributed by atoms with E-state index in [4.69, 9.17) is 5.73 Å². The van der Waals surface area contributed by atoms with Gasteiger partial charge in [0.05, 0.1) is 17.7 Å². The molecule has 2 saturated carbocycles. The molecule has 0 aromatic heterocycles. The molecule has 2 aliphatic carbocycles. The Morgan fingerprint density at radius 3 is 2.52 bits per heavy atom. The Labute approximate surface area is 182 Å². The Kier molecular flexibility index (Phi) is 5.41. The average molecular weight is 426 g/mol. The number of carbonyl (C=O) groups is 3. The van der Waals surface area contributed by atoms with Crippen LogP contribution in [0.15, 0.2) is 29.3 Å². The summed E-state index contributed by atoms with van der Waals surface area (Å²) in [6, 6.07) is 5.01. The summed E-state index contributed by atoms with van der Waals surface area (Å²) in [5, 5.41) is 13.2. The lowest BCUT2D eigenvalue weighted by atomic mass is 9.72. The van der Waals surface area contributed by atoms with Crippen molar-refractivity contribution in [2.24, 2.45) is 11.1 Å². The number of hydrogen-bond donors (Lipinski definition) is 3. The van der Waals surface area contributed by atoms with Crippen molar-refractivity contribution in [3.05, 3.63) is 34.9 Å². The van der Waals surface area contributed by atoms with Crippen molar-refractivity contribution in [2.45, 2.75) is 77.5 Å². The van der Waals surface area contributed by atoms with Gasteiger partial charge in [0.1, 0.15) is 0 Å². The number of aliphatic hydroxyl groups is 1. The summed E-state index contributed by atoms with van der Waals surface area (Å²) >= 11 is 0. The van der Waals surface area contributed by atoms with Crippen LogP contribution in [0.25, 0.3) is 0 Å². The summed E-state index contributed by atoms with van der Waals surface area (Å²) < 4.78 is 0. The average Bonchev–Trinajstić information content (AvgIpc) is 2.92. The number of Topliss-reactive ketones (excluding diaryl/α,β-unsaturated/α-hetero) is 1. The van der Waals surface area contributed by atoms with Gasteiger partial charge in [-0.05, 0) is 62.6 Å². The number of nitrogens with zero attached hydrogens (tertiary/aromatic N) is 1. The predicted molar refractivity (Wildman–Crippen MR) is 119 cm³/mol. The maximum atomic E-state index is 13.2. The van der Waals surface area contributed by atoms with Crippen LogP contribution in [0.1, 0.15) is 69.7 Å². The second-order valence-corrected chi connectivity index (χ2v) is 9.94. The molecule has 4 N–H and O–H groups in total. The Balaban J connectivity index is 1.68. The van der Waals surface area contributed by atoms with Gasteiger partial charge in [0, 0.05) is 35.0 Å². The molecule has 2 fully saturated rings. The van der Waals surface area contributed by atoms with Crippen LogP contribution in [0.5, 0.6) is 0 Å². The minimum atomic E-state index is -0.540. The summed E-state index contributed by atoms with van der Waals surface area (Å²) in [7, 11) is 0. The second-order valence-electron chi connectivity index (χ2n) is 9.94. The van der Waals surface area contributed by atoms with Crippen LogP contribution in [0.4, 0.5) is 11.4 Å². The molecule has 1 heterocycles. The molecule has 7 nitrogen and oxygen atoms in total. The topological polar surface area (TPSA) is 113 Å². The highest BCUT2D eigenvalue weighted by Gasteiger charge is 2.47. The summed E-state index contributed by atoms with van der Waals surface area (Å²) in [6.45, 7) is 5.84. The van der Waals surface area contributed by atoms with Crippen LogP contribution >= 0.6 is 0 Å². The number of rotatable bonds is 4. The number of primary amides is 1. The van der Waals surface area contributed by atoms with Gasteiger partial charge in [-0.1, -0.05) is 13.8 Å². The largest absolute Gasteiger partial charge is 0.393 e. The SMILES string of the molecule is CC1=C2C(=O)CC(C)(C)CC2N(c2ccc(C(N)=O)c(NC3CCC(O)CC3)c2)C1=O. The van der Waals surface area contributed by atoms with E-state index in [0.29, 0.717) is 53.8 Å². The summed E-state index contributed by atoms with van der Waals surface area (Å²) in [5.41, 5.74) is 8.16. The quantitative estimate of drug-likeness (QED) is 0.687. The van der Waals surface area contributed by atoms with Gasteiger partial charge in [-0.3, -0.25) is 14.4 Å². The smallest absolute Gasteiger partial charge is 0.254 e. The van der Waals surface area contributed by atoms with Gasteiger partial charge in [0.25, 0.3) is 11.8 Å². The number of nitrogens with two attached hydrogens (primary N) is 1. The molecular formula is C24H31N3O4. The molecule has 1 aromatic carbocycles. The highest BCUT2D eigenvalue weighted by molar-refractivity contribution is 6.18. The van der Waals surface area contributed by atoms with E-state index < -0.39 is 5.91 Å². The number of anilines is 2. The molecule has 2 amide bonds. The Hall–Kier alpha value is -2.67. The fraction of sp³-hybridized carbons (Fsp3) is 0.542. The second kappa shape index (κ2) is 7.79. The normalized spacial score (nSPS) is 28.0. The molecule has 0 bridgehead atoms. The number of nitrogens with one attached hydrogen (secondary N) is 1. The van der Waals surface area contributed by atoms with Crippen molar-refractivity contribution < 1.29 is 19.5 Å². The van der Waals surface area contributed by atoms with Crippen molar-refractivity contribution in [1.29, 1.82) is 0 Å². The maximum Gasteiger partial charge on any atom is 0.254 e. The van der Waals surface area contributed by atoms with Gasteiger partial charge in [0.2, 0.25) is 0 Å². The number of ketones is 1. The van der Waals surface area contributed by atoms with Gasteiger partial charge in [0.15, 0.2) is 5.78 Å². The van der Waals surface area contributed by atoms with Crippen LogP contribution in [0.3, 0.4) is 0 Å². The first-order valence-corrected chi connectivity index (χ1v) is 11.0. The third kappa shape index (κ3) is 3.99. The summed E-state index contributed by atoms with van der Waals surface area (Å²) in [4.78, 5) is 39.7. The fourth-order valence-electron chi connectivity index (χ4n) is 5.28. The van der Waals surface area contributed by atoms with E-state index in [9.17, 15) is 19.5 Å². The summed E-state index contributed by atoms with van der Waals surface area (Å²) in [6.07, 6.45) is 3.88. The molecule has 3 aliphatic rings. The van der Waals surface area contributed by atoms with Crippen molar-refractivity contribution >= 4 is 29.0 Å². The van der Waals surface area contributed by atoms with Crippen molar-refractivity contribution in [2.75, 3.05) is 10.2 Å². The zero-order chi connectivity index (χ0) is 22.5. The van der Waals surface area contributed by atoms with E-state index in [-0.39, 0.29) is 35.3 Å². The third-order valence-corrected chi connectivity index (χ3v) is 6.88. The molecule has 4 rings (SSSR count). The first kappa shape index (κ1) is 21.6. The van der Waals surface area contributed by atoms with Crippen LogP contribution in [0, 0.1) is 5.41 Å². The number of carbonyl (C=O) groups excluding carboxylic acids is 3. The zero-order valence-electron chi connectivity index (χ0n) is 18.4. The molecule has 1 aromatic rings. The molecule has 31 heavy (non-hydrogen) atoms. The molecule has 1 atom stereocenters. The molecule has 0 radical (unpaired) electrons. The van der Waals surface area contributed by atoms with Gasteiger partial charge in [-0.25, -0.2) is 0 Å². The molecule has 166 valence electrons. The van der Waals surface area contributed by atoms with E-state index in [2.05, 4.69) is 19.2 Å². The van der Waals surface area contributed by atoms with Crippen LogP contribution < -0.4 is 16.0 Å². The van der Waals surface area contributed by atoms with Crippen molar-refractivity contribution in [3.8, 4) is 0 Å². The Morgan fingerprint density at radius 2 is 1.87 bits per heavy atom. The first-order valence-electron chi connectivity index (χ1n) is 11.0. The van der Waals surface area contributed by atoms with Crippen molar-refractivity contribution in [3.63, 3.8) is 0 Å². The van der Waals surface area contributed by atoms with Crippen molar-refractivity contribution in [1.82, 2.24) is 0 Å². The van der Waals surface area contributed by atoms with E-state index in [1.54, 1.807) is 30.0 Å². The van der Waals surface area contributed by atoms with E-state index in [1.165, 1.54) is 0 Å². The monoisotopic (exact) mass is 425 g/mol. The highest BCUT2D eigenvalue weighted by atomic mass is 16.3. The maximum absolute atomic E-state index is 13.2. The zero-order valence-corrected chi connectivity index (χ0v) is 18.4. The standard InChI is InChI=1S/C24H31N3O4/c1-13-21-19(11-24(2,3)12-20(21)29)27(23(13)31)15-6-9-17(22(25)30)18(10-15)26-14-4-7-16(28)8-5-14/h6,9-10,14,16,19,26,28H,4-5,7-8,11-12H2,1-3H3,(H2,25,30). The highest BCUT2D eigenvalue weighted by Crippen LogP contribution is 2.45. The van der Waals surface area contributed by atoms with E-state index in [1.807, 2.05) is 0 Å². The lowest BCUT2D eigenvalue weighted by molar-refractivity contribution is -0.119. The molecule has 0 spiro atoms. The lowest BCUT2D eigenvalue weighted by Crippen LogP contribution is -2.43. The lowest BCUT2D eigenvalue weighted by Gasteiger charge is -2.38. The predicted octanol–water partition coefficient (Wildman–Crippen LogP) is 2.92.